The third-order valence-electron chi connectivity index (χ3n) is 5.22. The molecule has 1 amide bonds. The van der Waals surface area contributed by atoms with Crippen LogP contribution in [0.4, 0.5) is 4.39 Å². The second-order valence-corrected chi connectivity index (χ2v) is 7.21. The normalized spacial score (nSPS) is 23.9. The first-order valence-electron chi connectivity index (χ1n) is 8.87. The summed E-state index contributed by atoms with van der Waals surface area (Å²) in [6.45, 7) is 6.88. The number of halogens is 1. The molecule has 2 aliphatic rings. The van der Waals surface area contributed by atoms with Crippen LogP contribution in [0.5, 0.6) is 0 Å². The Morgan fingerprint density at radius 1 is 1.13 bits per heavy atom. The number of likely N-dealkylation sites (tertiary alicyclic amines) is 2. The van der Waals surface area contributed by atoms with E-state index in [4.69, 9.17) is 0 Å². The van der Waals surface area contributed by atoms with Gasteiger partial charge in [0.25, 0.3) is 0 Å². The molecule has 4 heteroatoms. The van der Waals surface area contributed by atoms with E-state index in [2.05, 4.69) is 16.7 Å². The lowest BCUT2D eigenvalue weighted by atomic mass is 9.92. The van der Waals surface area contributed by atoms with Gasteiger partial charge in [0, 0.05) is 25.6 Å². The van der Waals surface area contributed by atoms with Crippen LogP contribution in [0.1, 0.15) is 38.2 Å². The van der Waals surface area contributed by atoms with Crippen molar-refractivity contribution in [3.05, 3.63) is 35.6 Å². The van der Waals surface area contributed by atoms with E-state index < -0.39 is 0 Å². The summed E-state index contributed by atoms with van der Waals surface area (Å²) in [6.07, 6.45) is 4.30. The van der Waals surface area contributed by atoms with Gasteiger partial charge in [0.05, 0.1) is 0 Å². The predicted octanol–water partition coefficient (Wildman–Crippen LogP) is 3.30. The van der Waals surface area contributed by atoms with E-state index in [0.29, 0.717) is 11.8 Å². The van der Waals surface area contributed by atoms with Gasteiger partial charge >= 0.3 is 0 Å². The van der Waals surface area contributed by atoms with Crippen molar-refractivity contribution in [3.8, 4) is 0 Å². The highest BCUT2D eigenvalue weighted by atomic mass is 19.1. The number of benzene rings is 1. The standard InChI is InChI=1S/C19H27FN2O/c1-15-3-2-10-22(13-15)19(23)17-8-11-21(12-9-17)14-16-4-6-18(20)7-5-16/h4-7,15,17H,2-3,8-14H2,1H3. The molecule has 2 heterocycles. The van der Waals surface area contributed by atoms with Crippen LogP contribution in [0.25, 0.3) is 0 Å². The molecule has 0 aromatic heterocycles. The van der Waals surface area contributed by atoms with Crippen molar-refractivity contribution in [1.82, 2.24) is 9.80 Å². The molecule has 2 saturated heterocycles. The number of rotatable bonds is 3. The highest BCUT2D eigenvalue weighted by molar-refractivity contribution is 5.79. The van der Waals surface area contributed by atoms with Gasteiger partial charge in [-0.05, 0) is 62.4 Å². The Morgan fingerprint density at radius 3 is 2.48 bits per heavy atom. The van der Waals surface area contributed by atoms with Gasteiger partial charge in [-0.25, -0.2) is 4.39 Å². The van der Waals surface area contributed by atoms with Crippen LogP contribution in [0, 0.1) is 17.7 Å². The Balaban J connectivity index is 1.48. The fraction of sp³-hybridized carbons (Fsp3) is 0.632. The lowest BCUT2D eigenvalue weighted by Crippen LogP contribution is -2.45. The van der Waals surface area contributed by atoms with Crippen molar-refractivity contribution >= 4 is 5.91 Å². The average Bonchev–Trinajstić information content (AvgIpc) is 2.57. The molecule has 0 spiro atoms. The quantitative estimate of drug-likeness (QED) is 0.854. The van der Waals surface area contributed by atoms with Gasteiger partial charge in [0.1, 0.15) is 5.82 Å². The summed E-state index contributed by atoms with van der Waals surface area (Å²) in [5.74, 6) is 1.03. The molecule has 0 saturated carbocycles. The number of hydrogen-bond donors (Lipinski definition) is 0. The zero-order chi connectivity index (χ0) is 16.2. The zero-order valence-electron chi connectivity index (χ0n) is 14.0. The summed E-state index contributed by atoms with van der Waals surface area (Å²) < 4.78 is 13.0. The van der Waals surface area contributed by atoms with Gasteiger partial charge in [0.2, 0.25) is 5.91 Å². The largest absolute Gasteiger partial charge is 0.342 e. The average molecular weight is 318 g/mol. The van der Waals surface area contributed by atoms with Crippen LogP contribution >= 0.6 is 0 Å². The highest BCUT2D eigenvalue weighted by Gasteiger charge is 2.30. The molecule has 3 nitrogen and oxygen atoms in total. The summed E-state index contributed by atoms with van der Waals surface area (Å²) in [4.78, 5) is 17.1. The van der Waals surface area contributed by atoms with E-state index >= 15 is 0 Å². The van der Waals surface area contributed by atoms with Crippen molar-refractivity contribution in [2.24, 2.45) is 11.8 Å². The van der Waals surface area contributed by atoms with E-state index in [1.807, 2.05) is 12.1 Å². The minimum absolute atomic E-state index is 0.186. The summed E-state index contributed by atoms with van der Waals surface area (Å²) >= 11 is 0. The minimum atomic E-state index is -0.186. The fourth-order valence-electron chi connectivity index (χ4n) is 3.83. The Morgan fingerprint density at radius 2 is 1.83 bits per heavy atom. The fourth-order valence-corrected chi connectivity index (χ4v) is 3.83. The second kappa shape index (κ2) is 7.43. The Kier molecular flexibility index (Phi) is 5.31. The smallest absolute Gasteiger partial charge is 0.225 e. The number of nitrogens with zero attached hydrogens (tertiary/aromatic N) is 2. The maximum atomic E-state index is 13.0. The van der Waals surface area contributed by atoms with Crippen LogP contribution in [-0.2, 0) is 11.3 Å². The number of hydrogen-bond acceptors (Lipinski definition) is 2. The van der Waals surface area contributed by atoms with E-state index in [-0.39, 0.29) is 11.7 Å². The number of carbonyl (C=O) groups is 1. The van der Waals surface area contributed by atoms with Gasteiger partial charge in [0.15, 0.2) is 0 Å². The van der Waals surface area contributed by atoms with Gasteiger partial charge < -0.3 is 4.90 Å². The van der Waals surface area contributed by atoms with Crippen molar-refractivity contribution in [2.75, 3.05) is 26.2 Å². The lowest BCUT2D eigenvalue weighted by molar-refractivity contribution is -0.138. The van der Waals surface area contributed by atoms with Crippen molar-refractivity contribution in [1.29, 1.82) is 0 Å². The maximum Gasteiger partial charge on any atom is 0.225 e. The number of carbonyl (C=O) groups excluding carboxylic acids is 1. The van der Waals surface area contributed by atoms with Crippen LogP contribution in [-0.4, -0.2) is 41.9 Å². The third-order valence-corrected chi connectivity index (χ3v) is 5.22. The molecular formula is C19H27FN2O. The second-order valence-electron chi connectivity index (χ2n) is 7.21. The molecule has 3 rings (SSSR count). The predicted molar refractivity (Wildman–Crippen MR) is 89.4 cm³/mol. The molecule has 1 unspecified atom stereocenters. The Hall–Kier alpha value is -1.42. The van der Waals surface area contributed by atoms with Crippen molar-refractivity contribution in [3.63, 3.8) is 0 Å². The van der Waals surface area contributed by atoms with E-state index in [1.165, 1.54) is 18.6 Å². The number of amides is 1. The van der Waals surface area contributed by atoms with Gasteiger partial charge in [-0.15, -0.1) is 0 Å². The molecule has 0 radical (unpaired) electrons. The molecule has 1 atom stereocenters. The van der Waals surface area contributed by atoms with E-state index in [9.17, 15) is 9.18 Å². The van der Waals surface area contributed by atoms with Crippen molar-refractivity contribution in [2.45, 2.75) is 39.2 Å². The SMILES string of the molecule is CC1CCCN(C(=O)C2CCN(Cc3ccc(F)cc3)CC2)C1. The third kappa shape index (κ3) is 4.31. The van der Waals surface area contributed by atoms with Crippen LogP contribution in [0.2, 0.25) is 0 Å². The first kappa shape index (κ1) is 16.4. The monoisotopic (exact) mass is 318 g/mol. The van der Waals surface area contributed by atoms with Crippen molar-refractivity contribution < 1.29 is 9.18 Å². The molecule has 0 N–H and O–H groups in total. The number of piperidine rings is 2. The Labute approximate surface area is 138 Å². The van der Waals surface area contributed by atoms with E-state index in [0.717, 1.165) is 57.5 Å². The molecular weight excluding hydrogens is 291 g/mol. The molecule has 2 aliphatic heterocycles. The molecule has 126 valence electrons. The Bertz CT molecular complexity index is 523. The maximum absolute atomic E-state index is 13.0. The van der Waals surface area contributed by atoms with Gasteiger partial charge in [-0.1, -0.05) is 19.1 Å². The zero-order valence-corrected chi connectivity index (χ0v) is 14.0. The topological polar surface area (TPSA) is 23.6 Å². The van der Waals surface area contributed by atoms with Gasteiger partial charge in [-0.2, -0.15) is 0 Å². The van der Waals surface area contributed by atoms with Crippen LogP contribution in [0.15, 0.2) is 24.3 Å². The first-order valence-corrected chi connectivity index (χ1v) is 8.87. The summed E-state index contributed by atoms with van der Waals surface area (Å²) in [7, 11) is 0. The molecule has 2 fully saturated rings. The lowest BCUT2D eigenvalue weighted by Gasteiger charge is -2.37. The molecule has 1 aromatic carbocycles. The molecule has 1 aromatic rings. The summed E-state index contributed by atoms with van der Waals surface area (Å²) in [6, 6.07) is 6.73. The first-order chi connectivity index (χ1) is 11.1. The summed E-state index contributed by atoms with van der Waals surface area (Å²) in [5, 5.41) is 0. The van der Waals surface area contributed by atoms with E-state index in [1.54, 1.807) is 0 Å². The molecule has 23 heavy (non-hydrogen) atoms. The molecule has 0 aliphatic carbocycles. The van der Waals surface area contributed by atoms with Crippen LogP contribution < -0.4 is 0 Å². The summed E-state index contributed by atoms with van der Waals surface area (Å²) in [5.41, 5.74) is 1.14. The van der Waals surface area contributed by atoms with Crippen LogP contribution in [0.3, 0.4) is 0 Å². The van der Waals surface area contributed by atoms with Gasteiger partial charge in [-0.3, -0.25) is 9.69 Å². The highest BCUT2D eigenvalue weighted by Crippen LogP contribution is 2.24. The minimum Gasteiger partial charge on any atom is -0.342 e. The molecule has 0 bridgehead atoms.